The molecule has 0 radical (unpaired) electrons. The van der Waals surface area contributed by atoms with E-state index in [0.717, 1.165) is 0 Å². The molecule has 1 aromatic rings. The van der Waals surface area contributed by atoms with Crippen molar-refractivity contribution in [1.82, 2.24) is 5.32 Å². The van der Waals surface area contributed by atoms with E-state index in [0.29, 0.717) is 5.56 Å². The SMILES string of the molecule is O=C(NCc1ccccc1[N+](=O)[O-])OCCO. The van der Waals surface area contributed by atoms with Gasteiger partial charge in [0.25, 0.3) is 5.69 Å². The van der Waals surface area contributed by atoms with Gasteiger partial charge in [0, 0.05) is 11.6 Å². The minimum Gasteiger partial charge on any atom is -0.447 e. The van der Waals surface area contributed by atoms with Gasteiger partial charge in [-0.3, -0.25) is 10.1 Å². The van der Waals surface area contributed by atoms with Crippen molar-refractivity contribution in [3.05, 3.63) is 39.9 Å². The molecule has 17 heavy (non-hydrogen) atoms. The number of hydrogen-bond donors (Lipinski definition) is 2. The summed E-state index contributed by atoms with van der Waals surface area (Å²) in [4.78, 5) is 21.2. The number of para-hydroxylation sites is 1. The lowest BCUT2D eigenvalue weighted by Gasteiger charge is -2.06. The van der Waals surface area contributed by atoms with Gasteiger partial charge in [-0.1, -0.05) is 18.2 Å². The fraction of sp³-hybridized carbons (Fsp3) is 0.300. The van der Waals surface area contributed by atoms with Crippen molar-refractivity contribution in [1.29, 1.82) is 0 Å². The number of ether oxygens (including phenoxy) is 1. The van der Waals surface area contributed by atoms with E-state index in [-0.39, 0.29) is 25.4 Å². The molecule has 0 atom stereocenters. The summed E-state index contributed by atoms with van der Waals surface area (Å²) in [7, 11) is 0. The minimum atomic E-state index is -0.725. The number of carbonyl (C=O) groups excluding carboxylic acids is 1. The largest absolute Gasteiger partial charge is 0.447 e. The van der Waals surface area contributed by atoms with Crippen LogP contribution in [0.1, 0.15) is 5.56 Å². The van der Waals surface area contributed by atoms with Crippen molar-refractivity contribution in [2.75, 3.05) is 13.2 Å². The molecule has 7 heteroatoms. The van der Waals surface area contributed by atoms with Gasteiger partial charge in [-0.15, -0.1) is 0 Å². The Labute approximate surface area is 97.2 Å². The predicted octanol–water partition coefficient (Wildman–Crippen LogP) is 0.813. The number of benzene rings is 1. The van der Waals surface area contributed by atoms with Crippen LogP contribution in [-0.2, 0) is 11.3 Å². The molecule has 0 heterocycles. The molecule has 2 N–H and O–H groups in total. The molecule has 0 saturated heterocycles. The zero-order chi connectivity index (χ0) is 12.7. The summed E-state index contributed by atoms with van der Waals surface area (Å²) in [6.07, 6.45) is -0.725. The topological polar surface area (TPSA) is 102 Å². The Balaban J connectivity index is 2.57. The summed E-state index contributed by atoms with van der Waals surface area (Å²) >= 11 is 0. The summed E-state index contributed by atoms with van der Waals surface area (Å²) in [5, 5.41) is 21.4. The van der Waals surface area contributed by atoms with Crippen LogP contribution in [0.3, 0.4) is 0 Å². The second kappa shape index (κ2) is 6.44. The highest BCUT2D eigenvalue weighted by atomic mass is 16.6. The summed E-state index contributed by atoms with van der Waals surface area (Å²) < 4.78 is 4.54. The Hall–Kier alpha value is -2.15. The molecule has 0 bridgehead atoms. The second-order valence-electron chi connectivity index (χ2n) is 3.10. The third-order valence-electron chi connectivity index (χ3n) is 1.94. The zero-order valence-electron chi connectivity index (χ0n) is 8.96. The number of hydrogen-bond acceptors (Lipinski definition) is 5. The van der Waals surface area contributed by atoms with E-state index in [9.17, 15) is 14.9 Å². The van der Waals surface area contributed by atoms with E-state index in [1.165, 1.54) is 6.07 Å². The zero-order valence-corrected chi connectivity index (χ0v) is 8.96. The highest BCUT2D eigenvalue weighted by molar-refractivity contribution is 5.67. The number of nitrogens with zero attached hydrogens (tertiary/aromatic N) is 1. The molecule has 1 amide bonds. The molecule has 0 aliphatic carbocycles. The van der Waals surface area contributed by atoms with Crippen molar-refractivity contribution < 1.29 is 19.6 Å². The normalized spacial score (nSPS) is 9.71. The van der Waals surface area contributed by atoms with Crippen molar-refractivity contribution in [2.45, 2.75) is 6.54 Å². The number of alkyl carbamates (subject to hydrolysis) is 1. The number of carbonyl (C=O) groups is 1. The van der Waals surface area contributed by atoms with Crippen LogP contribution in [0.4, 0.5) is 10.5 Å². The van der Waals surface area contributed by atoms with Gasteiger partial charge in [0.05, 0.1) is 18.1 Å². The maximum Gasteiger partial charge on any atom is 0.407 e. The van der Waals surface area contributed by atoms with E-state index in [2.05, 4.69) is 10.1 Å². The van der Waals surface area contributed by atoms with Gasteiger partial charge in [-0.25, -0.2) is 4.79 Å². The maximum absolute atomic E-state index is 11.0. The van der Waals surface area contributed by atoms with Crippen molar-refractivity contribution in [2.24, 2.45) is 0 Å². The van der Waals surface area contributed by atoms with Crippen LogP contribution in [0.5, 0.6) is 0 Å². The molecule has 0 aliphatic heterocycles. The molecule has 0 aromatic heterocycles. The first-order valence-electron chi connectivity index (χ1n) is 4.89. The first-order chi connectivity index (χ1) is 8.15. The molecular formula is C10H12N2O5. The Bertz CT molecular complexity index is 407. The Morgan fingerprint density at radius 2 is 2.18 bits per heavy atom. The van der Waals surface area contributed by atoms with Gasteiger partial charge >= 0.3 is 6.09 Å². The molecule has 0 unspecified atom stereocenters. The van der Waals surface area contributed by atoms with Crippen LogP contribution >= 0.6 is 0 Å². The van der Waals surface area contributed by atoms with Crippen LogP contribution in [-0.4, -0.2) is 29.3 Å². The van der Waals surface area contributed by atoms with Crippen LogP contribution in [0, 0.1) is 10.1 Å². The molecule has 0 spiro atoms. The van der Waals surface area contributed by atoms with Crippen molar-refractivity contribution in [3.63, 3.8) is 0 Å². The molecule has 7 nitrogen and oxygen atoms in total. The summed E-state index contributed by atoms with van der Waals surface area (Å²) in [6.45, 7) is -0.372. The highest BCUT2D eigenvalue weighted by Gasteiger charge is 2.12. The number of nitrogens with one attached hydrogen (secondary N) is 1. The average Bonchev–Trinajstić information content (AvgIpc) is 2.34. The number of aliphatic hydroxyl groups excluding tert-OH is 1. The number of nitro benzene ring substituents is 1. The van der Waals surface area contributed by atoms with Crippen LogP contribution in [0.2, 0.25) is 0 Å². The van der Waals surface area contributed by atoms with Gasteiger partial charge in [0.15, 0.2) is 0 Å². The third kappa shape index (κ3) is 4.07. The predicted molar refractivity (Wildman–Crippen MR) is 58.4 cm³/mol. The van der Waals surface area contributed by atoms with Gasteiger partial charge in [-0.05, 0) is 0 Å². The lowest BCUT2D eigenvalue weighted by atomic mass is 10.2. The van der Waals surface area contributed by atoms with E-state index in [4.69, 9.17) is 5.11 Å². The van der Waals surface area contributed by atoms with Crippen molar-refractivity contribution in [3.8, 4) is 0 Å². The van der Waals surface area contributed by atoms with Crippen LogP contribution in [0.15, 0.2) is 24.3 Å². The molecular weight excluding hydrogens is 228 g/mol. The lowest BCUT2D eigenvalue weighted by Crippen LogP contribution is -2.25. The monoisotopic (exact) mass is 240 g/mol. The van der Waals surface area contributed by atoms with Gasteiger partial charge < -0.3 is 15.2 Å². The van der Waals surface area contributed by atoms with E-state index < -0.39 is 11.0 Å². The number of aliphatic hydroxyl groups is 1. The molecule has 0 saturated carbocycles. The Morgan fingerprint density at radius 3 is 2.82 bits per heavy atom. The second-order valence-corrected chi connectivity index (χ2v) is 3.10. The maximum atomic E-state index is 11.0. The van der Waals surface area contributed by atoms with Gasteiger partial charge in [-0.2, -0.15) is 0 Å². The Kier molecular flexibility index (Phi) is 4.89. The number of rotatable bonds is 5. The Morgan fingerprint density at radius 1 is 1.47 bits per heavy atom. The van der Waals surface area contributed by atoms with E-state index in [1.807, 2.05) is 0 Å². The third-order valence-corrected chi connectivity index (χ3v) is 1.94. The summed E-state index contributed by atoms with van der Waals surface area (Å²) in [5.41, 5.74) is 0.327. The van der Waals surface area contributed by atoms with Crippen LogP contribution in [0.25, 0.3) is 0 Å². The highest BCUT2D eigenvalue weighted by Crippen LogP contribution is 2.16. The first kappa shape index (κ1) is 12.9. The quantitative estimate of drug-likeness (QED) is 0.585. The van der Waals surface area contributed by atoms with Gasteiger partial charge in [0.1, 0.15) is 6.61 Å². The summed E-state index contributed by atoms with van der Waals surface area (Å²) in [5.74, 6) is 0. The average molecular weight is 240 g/mol. The van der Waals surface area contributed by atoms with Crippen molar-refractivity contribution >= 4 is 11.8 Å². The van der Waals surface area contributed by atoms with E-state index in [1.54, 1.807) is 18.2 Å². The smallest absolute Gasteiger partial charge is 0.407 e. The van der Waals surface area contributed by atoms with E-state index >= 15 is 0 Å². The molecule has 0 aliphatic rings. The molecule has 92 valence electrons. The molecule has 1 aromatic carbocycles. The fourth-order valence-corrected chi connectivity index (χ4v) is 1.20. The summed E-state index contributed by atoms with van der Waals surface area (Å²) in [6, 6.07) is 6.09. The van der Waals surface area contributed by atoms with Gasteiger partial charge in [0.2, 0.25) is 0 Å². The lowest BCUT2D eigenvalue weighted by molar-refractivity contribution is -0.385. The molecule has 1 rings (SSSR count). The first-order valence-corrected chi connectivity index (χ1v) is 4.89. The number of amides is 1. The fourth-order valence-electron chi connectivity index (χ4n) is 1.20. The number of nitro groups is 1. The van der Waals surface area contributed by atoms with Crippen LogP contribution < -0.4 is 5.32 Å². The minimum absolute atomic E-state index is 0.00140. The molecule has 0 fully saturated rings. The standard InChI is InChI=1S/C10H12N2O5/c13-5-6-17-10(14)11-7-8-3-1-2-4-9(8)12(15)16/h1-4,13H,5-7H2,(H,11,14).